The zero-order valence-corrected chi connectivity index (χ0v) is 8.21. The van der Waals surface area contributed by atoms with E-state index >= 15 is 0 Å². The third-order valence-electron chi connectivity index (χ3n) is 1.81. The van der Waals surface area contributed by atoms with Crippen molar-refractivity contribution in [3.8, 4) is 0 Å². The number of allylic oxidation sites excluding steroid dienone is 2. The third kappa shape index (κ3) is 3.03. The molecule has 0 saturated carbocycles. The first-order chi connectivity index (χ1) is 6.38. The number of nitrogens with zero attached hydrogens (tertiary/aromatic N) is 1. The second kappa shape index (κ2) is 5.54. The van der Waals surface area contributed by atoms with Crippen LogP contribution in [0.1, 0.15) is 19.8 Å². The summed E-state index contributed by atoms with van der Waals surface area (Å²) in [6, 6.07) is 0. The monoisotopic (exact) mass is 180 g/mol. The normalized spacial score (nSPS) is 17.1. The molecule has 0 amide bonds. The van der Waals surface area contributed by atoms with Crippen LogP contribution in [0, 0.1) is 0 Å². The lowest BCUT2D eigenvalue weighted by molar-refractivity contribution is 0.0971. The predicted molar refractivity (Wildman–Crippen MR) is 54.6 cm³/mol. The summed E-state index contributed by atoms with van der Waals surface area (Å²) in [6.45, 7) is 2.57. The van der Waals surface area contributed by atoms with Gasteiger partial charge < -0.3 is 0 Å². The first-order valence-electron chi connectivity index (χ1n) is 4.60. The van der Waals surface area contributed by atoms with Gasteiger partial charge >= 0.3 is 0 Å². The van der Waals surface area contributed by atoms with Gasteiger partial charge in [-0.15, -0.1) is 0 Å². The van der Waals surface area contributed by atoms with E-state index in [-0.39, 0.29) is 0 Å². The number of hydroxylamine groups is 1. The van der Waals surface area contributed by atoms with Crippen molar-refractivity contribution in [1.29, 1.82) is 0 Å². The summed E-state index contributed by atoms with van der Waals surface area (Å²) in [5, 5.41) is 0. The van der Waals surface area contributed by atoms with E-state index in [0.717, 1.165) is 24.3 Å². The molecule has 0 unspecified atom stereocenters. The van der Waals surface area contributed by atoms with Gasteiger partial charge in [0.2, 0.25) is 0 Å². The lowest BCUT2D eigenvalue weighted by Crippen LogP contribution is -2.25. The van der Waals surface area contributed by atoms with Crippen LogP contribution in [0.4, 0.5) is 0 Å². The van der Waals surface area contributed by atoms with Gasteiger partial charge in [0.1, 0.15) is 0 Å². The van der Waals surface area contributed by atoms with Crippen molar-refractivity contribution in [2.75, 3.05) is 13.7 Å². The lowest BCUT2D eigenvalue weighted by atomic mass is 10.1. The van der Waals surface area contributed by atoms with E-state index in [1.165, 1.54) is 0 Å². The Kier molecular flexibility index (Phi) is 4.26. The van der Waals surface area contributed by atoms with Gasteiger partial charge in [-0.05, 0) is 19.8 Å². The van der Waals surface area contributed by atoms with Gasteiger partial charge in [-0.25, -0.2) is 5.48 Å². The number of hydrogen-bond donors (Lipinski definition) is 1. The molecule has 0 aliphatic heterocycles. The molecule has 0 saturated heterocycles. The average molecular weight is 180 g/mol. The van der Waals surface area contributed by atoms with E-state index in [1.54, 1.807) is 7.05 Å². The third-order valence-corrected chi connectivity index (χ3v) is 1.81. The summed E-state index contributed by atoms with van der Waals surface area (Å²) < 4.78 is 0. The maximum absolute atomic E-state index is 5.08. The van der Waals surface area contributed by atoms with Crippen LogP contribution in [0.25, 0.3) is 0 Å². The van der Waals surface area contributed by atoms with E-state index in [0.29, 0.717) is 6.61 Å². The molecule has 1 N–H and O–H groups in total. The standard InChI is InChI=1S/C10H16N2O/c1-3-13-12-10(11-2)9-7-5-4-6-8-9/h5,7-8H,3-4,6H2,1-2H3,(H,11,12). The zero-order chi connectivity index (χ0) is 9.52. The molecule has 0 heterocycles. The Morgan fingerprint density at radius 1 is 1.62 bits per heavy atom. The molecule has 1 aliphatic carbocycles. The van der Waals surface area contributed by atoms with Crippen LogP contribution >= 0.6 is 0 Å². The van der Waals surface area contributed by atoms with E-state index in [9.17, 15) is 0 Å². The molecular weight excluding hydrogens is 164 g/mol. The maximum Gasteiger partial charge on any atom is 0.151 e. The molecule has 0 aromatic rings. The first kappa shape index (κ1) is 9.99. The van der Waals surface area contributed by atoms with Crippen molar-refractivity contribution in [3.05, 3.63) is 23.8 Å². The smallest absolute Gasteiger partial charge is 0.151 e. The molecule has 0 aromatic heterocycles. The molecule has 1 rings (SSSR count). The van der Waals surface area contributed by atoms with Crippen LogP contribution in [0.5, 0.6) is 0 Å². The maximum atomic E-state index is 5.08. The molecule has 72 valence electrons. The molecule has 3 heteroatoms. The first-order valence-corrected chi connectivity index (χ1v) is 4.60. The van der Waals surface area contributed by atoms with Crippen LogP contribution in [-0.2, 0) is 4.84 Å². The predicted octanol–water partition coefficient (Wildman–Crippen LogP) is 1.83. The summed E-state index contributed by atoms with van der Waals surface area (Å²) in [5.74, 6) is 0.804. The molecule has 0 bridgehead atoms. The van der Waals surface area contributed by atoms with Crippen molar-refractivity contribution < 1.29 is 4.84 Å². The van der Waals surface area contributed by atoms with Gasteiger partial charge in [0.25, 0.3) is 0 Å². The Morgan fingerprint density at radius 2 is 2.46 bits per heavy atom. The van der Waals surface area contributed by atoms with Gasteiger partial charge in [0.15, 0.2) is 5.84 Å². The lowest BCUT2D eigenvalue weighted by Gasteiger charge is -2.11. The highest BCUT2D eigenvalue weighted by Crippen LogP contribution is 2.10. The molecule has 0 radical (unpaired) electrons. The van der Waals surface area contributed by atoms with Crippen molar-refractivity contribution in [3.63, 3.8) is 0 Å². The number of hydrogen-bond acceptors (Lipinski definition) is 2. The number of aliphatic imine (C=N–C) groups is 1. The highest BCUT2D eigenvalue weighted by molar-refractivity contribution is 6.00. The van der Waals surface area contributed by atoms with Crippen LogP contribution in [0.2, 0.25) is 0 Å². The van der Waals surface area contributed by atoms with Crippen LogP contribution in [0.15, 0.2) is 28.8 Å². The number of nitrogens with one attached hydrogen (secondary N) is 1. The van der Waals surface area contributed by atoms with Gasteiger partial charge in [-0.3, -0.25) is 9.83 Å². The second-order valence-electron chi connectivity index (χ2n) is 2.75. The highest BCUT2D eigenvalue weighted by atomic mass is 16.6. The molecule has 0 aromatic carbocycles. The Bertz CT molecular complexity index is 241. The molecule has 3 nitrogen and oxygen atoms in total. The van der Waals surface area contributed by atoms with Gasteiger partial charge in [0.05, 0.1) is 6.61 Å². The van der Waals surface area contributed by atoms with Crippen LogP contribution in [0.3, 0.4) is 0 Å². The van der Waals surface area contributed by atoms with Crippen molar-refractivity contribution in [1.82, 2.24) is 5.48 Å². The molecule has 13 heavy (non-hydrogen) atoms. The van der Waals surface area contributed by atoms with E-state index in [1.807, 2.05) is 6.92 Å². The summed E-state index contributed by atoms with van der Waals surface area (Å²) in [7, 11) is 1.75. The summed E-state index contributed by atoms with van der Waals surface area (Å²) in [6.07, 6.45) is 8.58. The van der Waals surface area contributed by atoms with Crippen LogP contribution < -0.4 is 5.48 Å². The van der Waals surface area contributed by atoms with Gasteiger partial charge in [0, 0.05) is 12.6 Å². The van der Waals surface area contributed by atoms with Gasteiger partial charge in [-0.1, -0.05) is 18.2 Å². The molecule has 1 aliphatic rings. The average Bonchev–Trinajstić information content (AvgIpc) is 2.21. The zero-order valence-electron chi connectivity index (χ0n) is 8.21. The second-order valence-corrected chi connectivity index (χ2v) is 2.75. The molecular formula is C10H16N2O. The molecule has 0 atom stereocenters. The SMILES string of the molecule is CCONC(=NC)C1=CCCC=C1. The fraction of sp³-hybridized carbons (Fsp3) is 0.500. The van der Waals surface area contributed by atoms with Crippen molar-refractivity contribution >= 4 is 5.84 Å². The molecule has 0 fully saturated rings. The Balaban J connectivity index is 2.56. The van der Waals surface area contributed by atoms with Crippen molar-refractivity contribution in [2.45, 2.75) is 19.8 Å². The minimum Gasteiger partial charge on any atom is -0.275 e. The fourth-order valence-corrected chi connectivity index (χ4v) is 1.16. The summed E-state index contributed by atoms with van der Waals surface area (Å²) in [4.78, 5) is 9.19. The topological polar surface area (TPSA) is 33.6 Å². The highest BCUT2D eigenvalue weighted by Gasteiger charge is 2.04. The van der Waals surface area contributed by atoms with E-state index in [2.05, 4.69) is 28.7 Å². The summed E-state index contributed by atoms with van der Waals surface area (Å²) >= 11 is 0. The Morgan fingerprint density at radius 3 is 3.00 bits per heavy atom. The molecule has 0 spiro atoms. The van der Waals surface area contributed by atoms with E-state index < -0.39 is 0 Å². The minimum atomic E-state index is 0.635. The Labute approximate surface area is 79.2 Å². The fourth-order valence-electron chi connectivity index (χ4n) is 1.16. The number of amidine groups is 1. The Hall–Kier alpha value is -1.09. The largest absolute Gasteiger partial charge is 0.275 e. The minimum absolute atomic E-state index is 0.635. The van der Waals surface area contributed by atoms with Crippen LogP contribution in [-0.4, -0.2) is 19.5 Å². The van der Waals surface area contributed by atoms with Crippen molar-refractivity contribution in [2.24, 2.45) is 4.99 Å². The van der Waals surface area contributed by atoms with E-state index in [4.69, 9.17) is 4.84 Å². The number of rotatable bonds is 3. The summed E-state index contributed by atoms with van der Waals surface area (Å²) in [5.41, 5.74) is 3.93. The van der Waals surface area contributed by atoms with Gasteiger partial charge in [-0.2, -0.15) is 0 Å². The quantitative estimate of drug-likeness (QED) is 0.408.